The molecular formula is C5H10ClNO. The first-order valence-corrected chi connectivity index (χ1v) is 2.69. The molecule has 0 aliphatic carbocycles. The van der Waals surface area contributed by atoms with Gasteiger partial charge in [-0.15, -0.1) is 0 Å². The Kier molecular flexibility index (Phi) is 3.65. The normalized spacial score (nSPS) is 12.9. The van der Waals surface area contributed by atoms with E-state index in [1.165, 1.54) is 0 Å². The van der Waals surface area contributed by atoms with Gasteiger partial charge in [-0.25, -0.2) is 4.84 Å². The van der Waals surface area contributed by atoms with Gasteiger partial charge in [0.1, 0.15) is 5.76 Å². The van der Waals surface area contributed by atoms with Crippen LogP contribution in [0.2, 0.25) is 0 Å². The van der Waals surface area contributed by atoms with Crippen LogP contribution in [0.25, 0.3) is 0 Å². The molecule has 1 N–H and O–H groups in total. The lowest BCUT2D eigenvalue weighted by Gasteiger charge is -2.09. The van der Waals surface area contributed by atoms with Crippen LogP contribution in [0.4, 0.5) is 0 Å². The van der Waals surface area contributed by atoms with Crippen LogP contribution in [-0.2, 0) is 4.74 Å². The zero-order chi connectivity index (χ0) is 6.57. The third-order valence-electron chi connectivity index (χ3n) is 0.909. The number of methoxy groups -OCH3 is 1. The van der Waals surface area contributed by atoms with Gasteiger partial charge >= 0.3 is 0 Å². The summed E-state index contributed by atoms with van der Waals surface area (Å²) in [6.45, 7) is 5.43. The SMILES string of the molecule is C=C(OC)[C@H](C)NCl. The third kappa shape index (κ3) is 2.19. The highest BCUT2D eigenvalue weighted by Gasteiger charge is 2.01. The summed E-state index contributed by atoms with van der Waals surface area (Å²) in [5.74, 6) is 0.639. The second kappa shape index (κ2) is 3.75. The maximum Gasteiger partial charge on any atom is 0.106 e. The topological polar surface area (TPSA) is 21.3 Å². The number of hydrogen-bond acceptors (Lipinski definition) is 2. The Hall–Kier alpha value is -0.210. The Balaban J connectivity index is 3.46. The summed E-state index contributed by atoms with van der Waals surface area (Å²) in [6.07, 6.45) is 0. The highest BCUT2D eigenvalue weighted by molar-refractivity contribution is 6.13. The van der Waals surface area contributed by atoms with Gasteiger partial charge in [-0.3, -0.25) is 0 Å². The average Bonchev–Trinajstić information content (AvgIpc) is 1.84. The number of halogens is 1. The lowest BCUT2D eigenvalue weighted by Crippen LogP contribution is -2.18. The van der Waals surface area contributed by atoms with E-state index in [1.807, 2.05) is 6.92 Å². The molecular weight excluding hydrogens is 126 g/mol. The summed E-state index contributed by atoms with van der Waals surface area (Å²) in [4.78, 5) is 2.46. The fourth-order valence-electron chi connectivity index (χ4n) is 0.238. The van der Waals surface area contributed by atoms with E-state index >= 15 is 0 Å². The molecule has 48 valence electrons. The van der Waals surface area contributed by atoms with Crippen molar-refractivity contribution in [3.63, 3.8) is 0 Å². The van der Waals surface area contributed by atoms with Gasteiger partial charge in [0, 0.05) is 0 Å². The molecule has 0 aliphatic heterocycles. The summed E-state index contributed by atoms with van der Waals surface area (Å²) in [5, 5.41) is 0. The van der Waals surface area contributed by atoms with Gasteiger partial charge in [0.15, 0.2) is 0 Å². The predicted octanol–water partition coefficient (Wildman–Crippen LogP) is 1.28. The van der Waals surface area contributed by atoms with E-state index in [9.17, 15) is 0 Å². The Labute approximate surface area is 54.6 Å². The van der Waals surface area contributed by atoms with E-state index in [4.69, 9.17) is 16.5 Å². The number of hydrogen-bond donors (Lipinski definition) is 1. The number of rotatable bonds is 3. The van der Waals surface area contributed by atoms with Crippen LogP contribution >= 0.6 is 11.8 Å². The number of ether oxygens (including phenoxy) is 1. The van der Waals surface area contributed by atoms with Gasteiger partial charge in [0.05, 0.1) is 13.2 Å². The molecule has 2 nitrogen and oxygen atoms in total. The van der Waals surface area contributed by atoms with Gasteiger partial charge < -0.3 is 4.74 Å². The van der Waals surface area contributed by atoms with Crippen molar-refractivity contribution in [2.75, 3.05) is 7.11 Å². The van der Waals surface area contributed by atoms with Gasteiger partial charge in [-0.1, -0.05) is 6.58 Å². The van der Waals surface area contributed by atoms with E-state index in [0.717, 1.165) is 0 Å². The summed E-state index contributed by atoms with van der Waals surface area (Å²) in [5.41, 5.74) is 0. The Morgan fingerprint density at radius 2 is 2.38 bits per heavy atom. The van der Waals surface area contributed by atoms with E-state index in [2.05, 4.69) is 11.4 Å². The van der Waals surface area contributed by atoms with Crippen LogP contribution in [0.3, 0.4) is 0 Å². The summed E-state index contributed by atoms with van der Waals surface area (Å²) < 4.78 is 4.76. The Morgan fingerprint density at radius 3 is 2.50 bits per heavy atom. The molecule has 0 radical (unpaired) electrons. The lowest BCUT2D eigenvalue weighted by atomic mass is 10.3. The van der Waals surface area contributed by atoms with Crippen LogP contribution in [0.5, 0.6) is 0 Å². The average molecular weight is 136 g/mol. The van der Waals surface area contributed by atoms with E-state index < -0.39 is 0 Å². The van der Waals surface area contributed by atoms with Crippen LogP contribution in [0.15, 0.2) is 12.3 Å². The first kappa shape index (κ1) is 7.79. The number of nitrogens with one attached hydrogen (secondary N) is 1. The fraction of sp³-hybridized carbons (Fsp3) is 0.600. The molecule has 0 aromatic rings. The Morgan fingerprint density at radius 1 is 1.88 bits per heavy atom. The molecule has 0 aliphatic rings. The van der Waals surface area contributed by atoms with Gasteiger partial charge in [0.2, 0.25) is 0 Å². The monoisotopic (exact) mass is 135 g/mol. The molecule has 0 aromatic carbocycles. The molecule has 0 unspecified atom stereocenters. The first-order chi connectivity index (χ1) is 3.72. The molecule has 0 spiro atoms. The van der Waals surface area contributed by atoms with E-state index in [-0.39, 0.29) is 6.04 Å². The highest BCUT2D eigenvalue weighted by Crippen LogP contribution is 1.97. The molecule has 1 atom stereocenters. The van der Waals surface area contributed by atoms with Crippen molar-refractivity contribution in [2.45, 2.75) is 13.0 Å². The van der Waals surface area contributed by atoms with Crippen LogP contribution in [0.1, 0.15) is 6.92 Å². The van der Waals surface area contributed by atoms with Crippen LogP contribution < -0.4 is 4.84 Å². The van der Waals surface area contributed by atoms with Crippen LogP contribution in [0, 0.1) is 0 Å². The van der Waals surface area contributed by atoms with Gasteiger partial charge in [0.25, 0.3) is 0 Å². The van der Waals surface area contributed by atoms with Crippen LogP contribution in [-0.4, -0.2) is 13.2 Å². The Bertz CT molecular complexity index is 84.5. The maximum absolute atomic E-state index is 5.23. The van der Waals surface area contributed by atoms with Crippen molar-refractivity contribution < 1.29 is 4.74 Å². The van der Waals surface area contributed by atoms with E-state index in [0.29, 0.717) is 5.76 Å². The molecule has 0 heterocycles. The standard InChI is InChI=1S/C5H10ClNO/c1-4(7-6)5(2)8-3/h4,7H,2H2,1,3H3/t4-/m0/s1. The quantitative estimate of drug-likeness (QED) is 0.465. The minimum Gasteiger partial charge on any atom is -0.500 e. The molecule has 0 amide bonds. The van der Waals surface area contributed by atoms with Gasteiger partial charge in [-0.2, -0.15) is 0 Å². The van der Waals surface area contributed by atoms with Crippen molar-refractivity contribution in [1.29, 1.82) is 0 Å². The minimum atomic E-state index is 0.0154. The molecule has 0 saturated carbocycles. The molecule has 8 heavy (non-hydrogen) atoms. The minimum absolute atomic E-state index is 0.0154. The summed E-state index contributed by atoms with van der Waals surface area (Å²) >= 11 is 5.23. The first-order valence-electron chi connectivity index (χ1n) is 2.31. The molecule has 0 fully saturated rings. The van der Waals surface area contributed by atoms with Crippen molar-refractivity contribution >= 4 is 11.8 Å². The summed E-state index contributed by atoms with van der Waals surface area (Å²) in [7, 11) is 1.56. The second-order valence-corrected chi connectivity index (χ2v) is 1.72. The molecule has 0 saturated heterocycles. The fourth-order valence-corrected chi connectivity index (χ4v) is 0.359. The van der Waals surface area contributed by atoms with Crippen molar-refractivity contribution in [1.82, 2.24) is 4.84 Å². The predicted molar refractivity (Wildman–Crippen MR) is 34.6 cm³/mol. The smallest absolute Gasteiger partial charge is 0.106 e. The zero-order valence-corrected chi connectivity index (χ0v) is 5.83. The molecule has 3 heteroatoms. The third-order valence-corrected chi connectivity index (χ3v) is 1.24. The van der Waals surface area contributed by atoms with E-state index in [1.54, 1.807) is 7.11 Å². The molecule has 0 rings (SSSR count). The molecule has 0 aromatic heterocycles. The second-order valence-electron chi connectivity index (χ2n) is 1.50. The zero-order valence-electron chi connectivity index (χ0n) is 5.07. The summed E-state index contributed by atoms with van der Waals surface area (Å²) in [6, 6.07) is 0.0154. The molecule has 0 bridgehead atoms. The van der Waals surface area contributed by atoms with Gasteiger partial charge in [-0.05, 0) is 18.7 Å². The van der Waals surface area contributed by atoms with Crippen molar-refractivity contribution in [3.05, 3.63) is 12.3 Å². The van der Waals surface area contributed by atoms with Crippen molar-refractivity contribution in [2.24, 2.45) is 0 Å². The maximum atomic E-state index is 5.23. The van der Waals surface area contributed by atoms with Crippen molar-refractivity contribution in [3.8, 4) is 0 Å². The lowest BCUT2D eigenvalue weighted by molar-refractivity contribution is 0.266. The highest BCUT2D eigenvalue weighted by atomic mass is 35.5. The largest absolute Gasteiger partial charge is 0.500 e.